The van der Waals surface area contributed by atoms with Gasteiger partial charge in [-0.3, -0.25) is 9.69 Å². The van der Waals surface area contributed by atoms with Crippen LogP contribution in [0.2, 0.25) is 0 Å². The molecule has 33 heavy (non-hydrogen) atoms. The lowest BCUT2D eigenvalue weighted by Gasteiger charge is -2.41. The summed E-state index contributed by atoms with van der Waals surface area (Å²) in [7, 11) is 0. The third-order valence-electron chi connectivity index (χ3n) is 7.04. The Labute approximate surface area is 198 Å². The molecule has 3 aliphatic rings. The predicted octanol–water partition coefficient (Wildman–Crippen LogP) is 0.462. The summed E-state index contributed by atoms with van der Waals surface area (Å²) < 4.78 is 5.38. The summed E-state index contributed by atoms with van der Waals surface area (Å²) in [5, 5.41) is 30.1. The molecule has 2 heterocycles. The molecule has 4 N–H and O–H groups in total. The van der Waals surface area contributed by atoms with E-state index in [0.29, 0.717) is 24.9 Å². The Balaban J connectivity index is 1.40. The normalized spacial score (nSPS) is 30.2. The number of anilines is 1. The largest absolute Gasteiger partial charge is 0.390 e. The minimum absolute atomic E-state index is 0.124. The van der Waals surface area contributed by atoms with Crippen molar-refractivity contribution in [2.45, 2.75) is 30.7 Å². The summed E-state index contributed by atoms with van der Waals surface area (Å²) in [6, 6.07) is 13.1. The number of ether oxygens (including phenoxy) is 1. The average molecular weight is 471 g/mol. The van der Waals surface area contributed by atoms with E-state index in [1.54, 1.807) is 0 Å². The highest BCUT2D eigenvalue weighted by atomic mass is 32.1. The summed E-state index contributed by atoms with van der Waals surface area (Å²) >= 11 is 5.68. The first kappa shape index (κ1) is 22.5. The smallest absolute Gasteiger partial charge is 0.225 e. The SMILES string of the molecule is O=C(NCCN1CCOCC1)C1CC(O)C(O)C2NC(=S)N(c3cccc4ccccc34)C12. The highest BCUT2D eigenvalue weighted by molar-refractivity contribution is 7.80. The highest BCUT2D eigenvalue weighted by Crippen LogP contribution is 2.39. The number of amides is 1. The van der Waals surface area contributed by atoms with Crippen LogP contribution in [-0.2, 0) is 9.53 Å². The zero-order chi connectivity index (χ0) is 22.9. The number of aliphatic hydroxyl groups excluding tert-OH is 2. The van der Waals surface area contributed by atoms with Gasteiger partial charge in [0.25, 0.3) is 0 Å². The molecule has 9 heteroatoms. The number of aliphatic hydroxyl groups is 2. The van der Waals surface area contributed by atoms with Crippen LogP contribution in [0.5, 0.6) is 0 Å². The van der Waals surface area contributed by atoms with Gasteiger partial charge in [0.05, 0.1) is 43.0 Å². The van der Waals surface area contributed by atoms with Gasteiger partial charge in [0, 0.05) is 31.6 Å². The second-order valence-electron chi connectivity index (χ2n) is 8.98. The van der Waals surface area contributed by atoms with Crippen LogP contribution >= 0.6 is 12.2 Å². The molecule has 0 bridgehead atoms. The van der Waals surface area contributed by atoms with Crippen molar-refractivity contribution in [3.05, 3.63) is 42.5 Å². The summed E-state index contributed by atoms with van der Waals surface area (Å²) in [5.41, 5.74) is 0.896. The number of carbonyl (C=O) groups excluding carboxylic acids is 1. The minimum Gasteiger partial charge on any atom is -0.390 e. The van der Waals surface area contributed by atoms with Gasteiger partial charge < -0.3 is 30.5 Å². The van der Waals surface area contributed by atoms with Crippen molar-refractivity contribution in [1.82, 2.24) is 15.5 Å². The van der Waals surface area contributed by atoms with E-state index in [0.717, 1.165) is 36.1 Å². The zero-order valence-corrected chi connectivity index (χ0v) is 19.2. The number of rotatable bonds is 5. The third kappa shape index (κ3) is 4.31. The molecule has 2 aromatic carbocycles. The van der Waals surface area contributed by atoms with E-state index in [2.05, 4.69) is 15.5 Å². The van der Waals surface area contributed by atoms with Gasteiger partial charge in [-0.25, -0.2) is 0 Å². The molecule has 1 aliphatic carbocycles. The number of nitrogens with one attached hydrogen (secondary N) is 2. The maximum Gasteiger partial charge on any atom is 0.225 e. The van der Waals surface area contributed by atoms with Gasteiger partial charge in [-0.15, -0.1) is 0 Å². The standard InChI is InChI=1S/C24H30N4O4S/c29-19-14-17(23(31)25-8-9-27-10-12-32-13-11-27)21-20(22(19)30)26-24(33)28(21)18-7-3-5-15-4-1-2-6-16(15)18/h1-7,17,19-22,29-30H,8-14H2,(H,25,31)(H,26,33). The lowest BCUT2D eigenvalue weighted by atomic mass is 9.77. The van der Waals surface area contributed by atoms with Crippen LogP contribution in [0, 0.1) is 5.92 Å². The molecule has 0 aromatic heterocycles. The fourth-order valence-corrected chi connectivity index (χ4v) is 5.69. The summed E-state index contributed by atoms with van der Waals surface area (Å²) in [6.07, 6.45) is -1.83. The lowest BCUT2D eigenvalue weighted by Crippen LogP contribution is -2.61. The fourth-order valence-electron chi connectivity index (χ4n) is 5.33. The number of hydrogen-bond acceptors (Lipinski definition) is 6. The van der Waals surface area contributed by atoms with Crippen molar-refractivity contribution in [3.8, 4) is 0 Å². The van der Waals surface area contributed by atoms with Crippen molar-refractivity contribution in [2.75, 3.05) is 44.3 Å². The van der Waals surface area contributed by atoms with Crippen LogP contribution in [0.4, 0.5) is 5.69 Å². The second-order valence-corrected chi connectivity index (χ2v) is 9.37. The molecule has 5 atom stereocenters. The van der Waals surface area contributed by atoms with Crippen molar-refractivity contribution < 1.29 is 19.7 Å². The predicted molar refractivity (Wildman–Crippen MR) is 130 cm³/mol. The molecule has 0 radical (unpaired) electrons. The molecule has 2 aliphatic heterocycles. The molecule has 5 unspecified atom stereocenters. The first-order valence-corrected chi connectivity index (χ1v) is 12.0. The number of hydrogen-bond donors (Lipinski definition) is 4. The van der Waals surface area contributed by atoms with Gasteiger partial charge >= 0.3 is 0 Å². The summed E-state index contributed by atoms with van der Waals surface area (Å²) in [5.74, 6) is -0.647. The van der Waals surface area contributed by atoms with E-state index in [1.165, 1.54) is 0 Å². The van der Waals surface area contributed by atoms with Gasteiger partial charge in [0.15, 0.2) is 5.11 Å². The topological polar surface area (TPSA) is 97.3 Å². The maximum absolute atomic E-state index is 13.3. The van der Waals surface area contributed by atoms with Crippen molar-refractivity contribution in [3.63, 3.8) is 0 Å². The van der Waals surface area contributed by atoms with Gasteiger partial charge in [0.1, 0.15) is 6.10 Å². The number of thiocarbonyl (C=S) groups is 1. The number of benzene rings is 2. The van der Waals surface area contributed by atoms with Crippen molar-refractivity contribution in [1.29, 1.82) is 0 Å². The first-order valence-electron chi connectivity index (χ1n) is 11.6. The maximum atomic E-state index is 13.3. The Hall–Kier alpha value is -2.30. The molecule has 1 amide bonds. The van der Waals surface area contributed by atoms with Crippen LogP contribution in [0.1, 0.15) is 6.42 Å². The Morgan fingerprint density at radius 2 is 1.91 bits per heavy atom. The number of morpholine rings is 1. The molecule has 8 nitrogen and oxygen atoms in total. The van der Waals surface area contributed by atoms with E-state index >= 15 is 0 Å². The van der Waals surface area contributed by atoms with Crippen LogP contribution < -0.4 is 15.5 Å². The summed E-state index contributed by atoms with van der Waals surface area (Å²) in [6.45, 7) is 4.44. The first-order chi connectivity index (χ1) is 16.0. The zero-order valence-electron chi connectivity index (χ0n) is 18.4. The van der Waals surface area contributed by atoms with Gasteiger partial charge in [0.2, 0.25) is 5.91 Å². The molecular weight excluding hydrogens is 440 g/mol. The number of nitrogens with zero attached hydrogens (tertiary/aromatic N) is 2. The molecule has 176 valence electrons. The summed E-state index contributed by atoms with van der Waals surface area (Å²) in [4.78, 5) is 17.6. The van der Waals surface area contributed by atoms with Crippen LogP contribution in [-0.4, -0.2) is 89.8 Å². The third-order valence-corrected chi connectivity index (χ3v) is 7.35. The average Bonchev–Trinajstić information content (AvgIpc) is 3.18. The molecule has 3 fully saturated rings. The molecule has 2 saturated heterocycles. The van der Waals surface area contributed by atoms with Gasteiger partial charge in [-0.05, 0) is 30.1 Å². The molecular formula is C24H30N4O4S. The number of carbonyl (C=O) groups is 1. The van der Waals surface area contributed by atoms with Crippen molar-refractivity contribution in [2.24, 2.45) is 5.92 Å². The van der Waals surface area contributed by atoms with Gasteiger partial charge in [-0.1, -0.05) is 36.4 Å². The van der Waals surface area contributed by atoms with Crippen LogP contribution in [0.25, 0.3) is 10.8 Å². The number of fused-ring (bicyclic) bond motifs is 2. The molecule has 0 spiro atoms. The van der Waals surface area contributed by atoms with Gasteiger partial charge in [-0.2, -0.15) is 0 Å². The molecule has 2 aromatic rings. The second kappa shape index (κ2) is 9.52. The Morgan fingerprint density at radius 3 is 2.73 bits per heavy atom. The van der Waals surface area contributed by atoms with Crippen LogP contribution in [0.15, 0.2) is 42.5 Å². The Morgan fingerprint density at radius 1 is 1.15 bits per heavy atom. The van der Waals surface area contributed by atoms with E-state index in [9.17, 15) is 15.0 Å². The van der Waals surface area contributed by atoms with Crippen LogP contribution in [0.3, 0.4) is 0 Å². The van der Waals surface area contributed by atoms with E-state index in [4.69, 9.17) is 17.0 Å². The lowest BCUT2D eigenvalue weighted by molar-refractivity contribution is -0.131. The van der Waals surface area contributed by atoms with E-state index < -0.39 is 30.2 Å². The Kier molecular flexibility index (Phi) is 6.49. The van der Waals surface area contributed by atoms with E-state index in [1.807, 2.05) is 47.4 Å². The minimum atomic E-state index is -1.01. The fraction of sp³-hybridized carbons (Fsp3) is 0.500. The molecule has 1 saturated carbocycles. The molecule has 5 rings (SSSR count). The quantitative estimate of drug-likeness (QED) is 0.468. The monoisotopic (exact) mass is 470 g/mol. The highest BCUT2D eigenvalue weighted by Gasteiger charge is 2.54. The van der Waals surface area contributed by atoms with Crippen molar-refractivity contribution >= 4 is 39.7 Å². The Bertz CT molecular complexity index is 1030. The van der Waals surface area contributed by atoms with E-state index in [-0.39, 0.29) is 12.3 Å².